The van der Waals surface area contributed by atoms with Gasteiger partial charge in [0, 0.05) is 49.2 Å². The molecule has 0 saturated heterocycles. The first-order chi connectivity index (χ1) is 12.2. The number of hydrogen-bond acceptors (Lipinski definition) is 3. The smallest absolute Gasteiger partial charge is 0.231 e. The molecule has 3 atom stereocenters. The molecule has 6 heteroatoms. The third-order valence-electron chi connectivity index (χ3n) is 5.86. The molecule has 3 rings (SSSR count). The van der Waals surface area contributed by atoms with Gasteiger partial charge in [-0.2, -0.15) is 0 Å². The average molecular weight is 378 g/mol. The first-order valence-electron chi connectivity index (χ1n) is 9.30. The molecule has 0 aromatic heterocycles. The van der Waals surface area contributed by atoms with Crippen LogP contribution in [0.4, 0.5) is 5.69 Å². The number of benzene rings is 1. The molecule has 2 aliphatic rings. The Morgan fingerprint density at radius 1 is 1.35 bits per heavy atom. The molecule has 1 aromatic rings. The topological polar surface area (TPSA) is 66.6 Å². The third kappa shape index (κ3) is 3.60. The van der Waals surface area contributed by atoms with Crippen LogP contribution in [0.15, 0.2) is 18.2 Å². The van der Waals surface area contributed by atoms with Crippen LogP contribution in [-0.2, 0) is 9.59 Å². The zero-order chi connectivity index (χ0) is 19.1. The van der Waals surface area contributed by atoms with E-state index in [9.17, 15) is 9.59 Å². The van der Waals surface area contributed by atoms with E-state index in [1.807, 2.05) is 24.0 Å². The van der Waals surface area contributed by atoms with Crippen molar-refractivity contribution in [1.82, 2.24) is 4.90 Å². The molecule has 3 unspecified atom stereocenters. The number of fused-ring (bicyclic) bond motifs is 1. The minimum Gasteiger partial charge on any atom is -0.349 e. The lowest BCUT2D eigenvalue weighted by molar-refractivity contribution is -0.129. The van der Waals surface area contributed by atoms with Crippen molar-refractivity contribution in [1.29, 1.82) is 0 Å². The minimum atomic E-state index is -0.473. The quantitative estimate of drug-likeness (QED) is 0.879. The zero-order valence-electron chi connectivity index (χ0n) is 15.8. The number of rotatable bonds is 3. The van der Waals surface area contributed by atoms with Crippen molar-refractivity contribution in [3.63, 3.8) is 0 Å². The highest BCUT2D eigenvalue weighted by molar-refractivity contribution is 6.30. The van der Waals surface area contributed by atoms with Crippen molar-refractivity contribution in [3.05, 3.63) is 28.8 Å². The summed E-state index contributed by atoms with van der Waals surface area (Å²) in [5, 5.41) is 0.627. The SMILES string of the molecule is CN(C)C(=O)CC1CN(C(=O)C2CCCCC2(C)N)c2ccc(Cl)cc21. The largest absolute Gasteiger partial charge is 0.349 e. The predicted molar refractivity (Wildman–Crippen MR) is 104 cm³/mol. The molecule has 2 amide bonds. The molecule has 5 nitrogen and oxygen atoms in total. The van der Waals surface area contributed by atoms with Crippen LogP contribution in [0.25, 0.3) is 0 Å². The Morgan fingerprint density at radius 2 is 2.08 bits per heavy atom. The van der Waals surface area contributed by atoms with Crippen LogP contribution in [0.1, 0.15) is 50.5 Å². The fraction of sp³-hybridized carbons (Fsp3) is 0.600. The Hall–Kier alpha value is -1.59. The number of hydrogen-bond donors (Lipinski definition) is 1. The van der Waals surface area contributed by atoms with Crippen LogP contribution in [-0.4, -0.2) is 42.9 Å². The van der Waals surface area contributed by atoms with E-state index < -0.39 is 5.54 Å². The van der Waals surface area contributed by atoms with Crippen molar-refractivity contribution in [2.75, 3.05) is 25.5 Å². The first kappa shape index (κ1) is 19.2. The summed E-state index contributed by atoms with van der Waals surface area (Å²) in [6.45, 7) is 2.50. The van der Waals surface area contributed by atoms with Crippen molar-refractivity contribution in [2.45, 2.75) is 50.5 Å². The van der Waals surface area contributed by atoms with Crippen LogP contribution < -0.4 is 10.6 Å². The number of carbonyl (C=O) groups is 2. The Morgan fingerprint density at radius 3 is 2.73 bits per heavy atom. The van der Waals surface area contributed by atoms with Gasteiger partial charge in [-0.15, -0.1) is 0 Å². The lowest BCUT2D eigenvalue weighted by Gasteiger charge is -2.39. The summed E-state index contributed by atoms with van der Waals surface area (Å²) < 4.78 is 0. The van der Waals surface area contributed by atoms with Gasteiger partial charge in [0.15, 0.2) is 0 Å². The zero-order valence-corrected chi connectivity index (χ0v) is 16.6. The molecule has 1 saturated carbocycles. The number of nitrogens with two attached hydrogens (primary N) is 1. The monoisotopic (exact) mass is 377 g/mol. The van der Waals surface area contributed by atoms with Crippen LogP contribution in [0, 0.1) is 5.92 Å². The van der Waals surface area contributed by atoms with Crippen LogP contribution >= 0.6 is 11.6 Å². The fourth-order valence-corrected chi connectivity index (χ4v) is 4.42. The molecule has 1 aliphatic carbocycles. The van der Waals surface area contributed by atoms with E-state index in [1.54, 1.807) is 25.1 Å². The lowest BCUT2D eigenvalue weighted by atomic mass is 9.74. The Kier molecular flexibility index (Phi) is 5.31. The van der Waals surface area contributed by atoms with Crippen LogP contribution in [0.3, 0.4) is 0 Å². The summed E-state index contributed by atoms with van der Waals surface area (Å²) in [6, 6.07) is 5.59. The van der Waals surface area contributed by atoms with Gasteiger partial charge in [-0.3, -0.25) is 9.59 Å². The Labute approximate surface area is 160 Å². The predicted octanol–water partition coefficient (Wildman–Crippen LogP) is 3.16. The lowest BCUT2D eigenvalue weighted by Crippen LogP contribution is -2.53. The molecule has 1 heterocycles. The molecule has 0 spiro atoms. The summed E-state index contributed by atoms with van der Waals surface area (Å²) in [7, 11) is 3.50. The van der Waals surface area contributed by atoms with E-state index in [1.165, 1.54) is 0 Å². The number of amides is 2. The molecule has 142 valence electrons. The van der Waals surface area contributed by atoms with Gasteiger partial charge in [-0.05, 0) is 43.5 Å². The van der Waals surface area contributed by atoms with Gasteiger partial charge in [0.1, 0.15) is 0 Å². The Balaban J connectivity index is 1.89. The second-order valence-corrected chi connectivity index (χ2v) is 8.58. The summed E-state index contributed by atoms with van der Waals surface area (Å²) in [5.41, 5.74) is 7.84. The highest BCUT2D eigenvalue weighted by Gasteiger charge is 2.43. The maximum Gasteiger partial charge on any atom is 0.231 e. The minimum absolute atomic E-state index is 0.0322. The third-order valence-corrected chi connectivity index (χ3v) is 6.10. The summed E-state index contributed by atoms with van der Waals surface area (Å²) in [4.78, 5) is 29.0. The van der Waals surface area contributed by atoms with E-state index in [0.29, 0.717) is 18.0 Å². The molecule has 1 aromatic carbocycles. The van der Waals surface area contributed by atoms with Crippen molar-refractivity contribution in [2.24, 2.45) is 11.7 Å². The van der Waals surface area contributed by atoms with E-state index in [2.05, 4.69) is 0 Å². The number of nitrogens with zero attached hydrogens (tertiary/aromatic N) is 2. The summed E-state index contributed by atoms with van der Waals surface area (Å²) in [5.74, 6) is -0.0760. The number of carbonyl (C=O) groups excluding carboxylic acids is 2. The van der Waals surface area contributed by atoms with Crippen molar-refractivity contribution >= 4 is 29.1 Å². The van der Waals surface area contributed by atoms with Crippen molar-refractivity contribution in [3.8, 4) is 0 Å². The fourth-order valence-electron chi connectivity index (χ4n) is 4.24. The van der Waals surface area contributed by atoms with Gasteiger partial charge >= 0.3 is 0 Å². The summed E-state index contributed by atoms with van der Waals surface area (Å²) >= 11 is 6.19. The first-order valence-corrected chi connectivity index (χ1v) is 9.68. The van der Waals surface area contributed by atoms with Gasteiger partial charge in [0.25, 0.3) is 0 Å². The van der Waals surface area contributed by atoms with Gasteiger partial charge in [-0.25, -0.2) is 0 Å². The second-order valence-electron chi connectivity index (χ2n) is 8.15. The van der Waals surface area contributed by atoms with Gasteiger partial charge in [0.05, 0.1) is 5.92 Å². The normalized spacial score (nSPS) is 28.0. The van der Waals surface area contributed by atoms with E-state index in [4.69, 9.17) is 17.3 Å². The van der Waals surface area contributed by atoms with Crippen LogP contribution in [0.2, 0.25) is 5.02 Å². The highest BCUT2D eigenvalue weighted by Crippen LogP contribution is 2.42. The molecular weight excluding hydrogens is 350 g/mol. The van der Waals surface area contributed by atoms with Crippen LogP contribution in [0.5, 0.6) is 0 Å². The molecule has 0 radical (unpaired) electrons. The molecule has 0 bridgehead atoms. The van der Waals surface area contributed by atoms with Crippen molar-refractivity contribution < 1.29 is 9.59 Å². The average Bonchev–Trinajstić information content (AvgIpc) is 2.91. The Bertz CT molecular complexity index is 717. The summed E-state index contributed by atoms with van der Waals surface area (Å²) in [6.07, 6.45) is 4.17. The van der Waals surface area contributed by atoms with E-state index >= 15 is 0 Å². The molecule has 1 fully saturated rings. The molecule has 26 heavy (non-hydrogen) atoms. The van der Waals surface area contributed by atoms with E-state index in [-0.39, 0.29) is 23.7 Å². The standard InChI is InChI=1S/C20H28ClN3O2/c1-20(22)9-5-4-6-16(20)19(26)24-12-13(10-18(25)23(2)3)15-11-14(21)7-8-17(15)24/h7-8,11,13,16H,4-6,9-10,12,22H2,1-3H3. The van der Waals surface area contributed by atoms with E-state index in [0.717, 1.165) is 36.9 Å². The second kappa shape index (κ2) is 7.20. The van der Waals surface area contributed by atoms with Gasteiger partial charge in [0.2, 0.25) is 11.8 Å². The molecular formula is C20H28ClN3O2. The van der Waals surface area contributed by atoms with Gasteiger partial charge < -0.3 is 15.5 Å². The number of halogens is 1. The maximum absolute atomic E-state index is 13.3. The highest BCUT2D eigenvalue weighted by atomic mass is 35.5. The number of anilines is 1. The maximum atomic E-state index is 13.3. The molecule has 1 aliphatic heterocycles. The molecule has 2 N–H and O–H groups in total. The van der Waals surface area contributed by atoms with Gasteiger partial charge in [-0.1, -0.05) is 24.4 Å².